The highest BCUT2D eigenvalue weighted by Gasteiger charge is 2.57. The van der Waals surface area contributed by atoms with Crippen molar-refractivity contribution in [2.75, 3.05) is 5.88 Å². The molecule has 1 saturated heterocycles. The molecule has 2 aliphatic rings. The molecule has 0 radical (unpaired) electrons. The number of carbonyl (C=O) groups excluding carboxylic acids is 1. The maximum absolute atomic E-state index is 11.1. The third kappa shape index (κ3) is 0.870. The van der Waals surface area contributed by atoms with E-state index >= 15 is 0 Å². The number of hydrogen-bond acceptors (Lipinski definition) is 4. The Balaban J connectivity index is 2.36. The zero-order chi connectivity index (χ0) is 8.06. The average Bonchev–Trinajstić information content (AvgIpc) is 2.38. The van der Waals surface area contributed by atoms with Crippen molar-refractivity contribution in [2.45, 2.75) is 24.6 Å². The molecule has 0 aromatic carbocycles. The van der Waals surface area contributed by atoms with Crippen LogP contribution in [-0.2, 0) is 9.63 Å². The van der Waals surface area contributed by atoms with Crippen LogP contribution in [0.4, 0.5) is 0 Å². The first kappa shape index (κ1) is 7.09. The zero-order valence-corrected chi connectivity index (χ0v) is 7.22. The fourth-order valence-corrected chi connectivity index (χ4v) is 2.40. The third-order valence-corrected chi connectivity index (χ3v) is 3.35. The van der Waals surface area contributed by atoms with Crippen molar-refractivity contribution >= 4 is 17.7 Å². The topological polar surface area (TPSA) is 41.7 Å². The first-order valence-electron chi connectivity index (χ1n) is 3.44. The number of thioether (sulfide) groups is 1. The molecule has 0 saturated carbocycles. The van der Waals surface area contributed by atoms with Crippen LogP contribution in [0.2, 0.25) is 0 Å². The van der Waals surface area contributed by atoms with E-state index in [2.05, 4.69) is 10.1 Å². The second-order valence-corrected chi connectivity index (χ2v) is 4.81. The molecule has 0 spiro atoms. The lowest BCUT2D eigenvalue weighted by Gasteiger charge is -2.12. The van der Waals surface area contributed by atoms with Gasteiger partial charge in [-0.3, -0.25) is 4.84 Å². The molecule has 1 fully saturated rings. The van der Waals surface area contributed by atoms with Crippen molar-refractivity contribution in [1.82, 2.24) is 0 Å². The summed E-state index contributed by atoms with van der Waals surface area (Å²) in [7, 11) is 0. The van der Waals surface area contributed by atoms with Crippen molar-refractivity contribution in [3.63, 3.8) is 0 Å². The lowest BCUT2D eigenvalue weighted by molar-refractivity contribution is -0.594. The van der Waals surface area contributed by atoms with E-state index < -0.39 is 0 Å². The highest BCUT2D eigenvalue weighted by atomic mass is 32.2. The number of hydrogen-bond donors (Lipinski definition) is 0. The molecule has 2 aliphatic heterocycles. The summed E-state index contributed by atoms with van der Waals surface area (Å²) in [5, 5.41) is 3.64. The summed E-state index contributed by atoms with van der Waals surface area (Å²) in [6.07, 6.45) is 0. The molecule has 60 valence electrons. The average molecular weight is 173 g/mol. The van der Waals surface area contributed by atoms with E-state index in [-0.39, 0.29) is 16.8 Å². The Morgan fingerprint density at radius 1 is 1.82 bits per heavy atom. The molecule has 5 heteroatoms. The second kappa shape index (κ2) is 1.97. The van der Waals surface area contributed by atoms with Gasteiger partial charge in [-0.05, 0) is 13.8 Å². The quantitative estimate of drug-likeness (QED) is 0.508. The molecule has 1 atom stereocenters. The molecule has 0 aliphatic carbocycles. The van der Waals surface area contributed by atoms with Crippen molar-refractivity contribution in [1.29, 1.82) is 0 Å². The predicted octanol–water partition coefficient (Wildman–Crippen LogP) is 0.774. The van der Waals surface area contributed by atoms with Crippen LogP contribution in [0.15, 0.2) is 5.28 Å². The summed E-state index contributed by atoms with van der Waals surface area (Å²) in [4.78, 5) is 15.7. The Morgan fingerprint density at radius 3 is 3.18 bits per heavy atom. The maximum Gasteiger partial charge on any atom is 0.411 e. The number of carbonyl (C=O) groups is 1. The van der Waals surface area contributed by atoms with Gasteiger partial charge in [-0.1, -0.05) is 16.5 Å². The standard InChI is InChI=1S/C6H9N2O2S/c1-6(2)4-5(9)10-7-8(4)3-11-6/h4H,3H2,1-2H3/q+1. The van der Waals surface area contributed by atoms with Crippen LogP contribution in [-0.4, -0.2) is 27.3 Å². The summed E-state index contributed by atoms with van der Waals surface area (Å²) in [6, 6.07) is -0.174. The van der Waals surface area contributed by atoms with Crippen molar-refractivity contribution in [3.05, 3.63) is 0 Å². The lowest BCUT2D eigenvalue weighted by atomic mass is 10.0. The molecule has 11 heavy (non-hydrogen) atoms. The van der Waals surface area contributed by atoms with Gasteiger partial charge in [-0.15, -0.1) is 0 Å². The molecule has 0 amide bonds. The van der Waals surface area contributed by atoms with E-state index in [1.54, 1.807) is 16.5 Å². The van der Waals surface area contributed by atoms with Crippen molar-refractivity contribution in [3.8, 4) is 0 Å². The highest BCUT2D eigenvalue weighted by Crippen LogP contribution is 2.39. The Morgan fingerprint density at radius 2 is 2.55 bits per heavy atom. The van der Waals surface area contributed by atoms with Gasteiger partial charge in [0.2, 0.25) is 5.88 Å². The molecule has 0 aromatic rings. The van der Waals surface area contributed by atoms with Gasteiger partial charge >= 0.3 is 5.97 Å². The fraction of sp³-hybridized carbons (Fsp3) is 0.833. The molecular formula is C6H9N2O2S+. The van der Waals surface area contributed by atoms with E-state index in [0.717, 1.165) is 5.88 Å². The van der Waals surface area contributed by atoms with Crippen molar-refractivity contribution in [2.24, 2.45) is 5.28 Å². The largest absolute Gasteiger partial charge is 0.411 e. The Bertz CT molecular complexity index is 249. The molecule has 0 bridgehead atoms. The summed E-state index contributed by atoms with van der Waals surface area (Å²) in [5.74, 6) is 0.531. The number of fused-ring (bicyclic) bond motifs is 1. The summed E-state index contributed by atoms with van der Waals surface area (Å²) in [6.45, 7) is 4.06. The SMILES string of the molecule is CC1(C)SC[N+]2=NOC(=O)C21. The predicted molar refractivity (Wildman–Crippen MR) is 39.1 cm³/mol. The normalized spacial score (nSPS) is 33.1. The van der Waals surface area contributed by atoms with Crippen molar-refractivity contribution < 1.29 is 14.3 Å². The van der Waals surface area contributed by atoms with Crippen LogP contribution in [0.3, 0.4) is 0 Å². The summed E-state index contributed by atoms with van der Waals surface area (Å²) >= 11 is 1.73. The van der Waals surface area contributed by atoms with Gasteiger partial charge in [0.15, 0.2) is 5.28 Å². The monoisotopic (exact) mass is 173 g/mol. The van der Waals surface area contributed by atoms with Gasteiger partial charge in [-0.25, -0.2) is 4.79 Å². The van der Waals surface area contributed by atoms with Gasteiger partial charge in [-0.2, -0.15) is 0 Å². The van der Waals surface area contributed by atoms with Gasteiger partial charge in [0.1, 0.15) is 0 Å². The lowest BCUT2D eigenvalue weighted by Crippen LogP contribution is -2.37. The molecule has 0 N–H and O–H groups in total. The van der Waals surface area contributed by atoms with Gasteiger partial charge in [0.25, 0.3) is 6.04 Å². The van der Waals surface area contributed by atoms with Gasteiger partial charge in [0, 0.05) is 0 Å². The summed E-state index contributed by atoms with van der Waals surface area (Å²) in [5.41, 5.74) is 0. The number of rotatable bonds is 0. The zero-order valence-electron chi connectivity index (χ0n) is 6.40. The van der Waals surface area contributed by atoms with Gasteiger partial charge < -0.3 is 0 Å². The second-order valence-electron chi connectivity index (χ2n) is 3.21. The first-order valence-corrected chi connectivity index (χ1v) is 4.42. The molecule has 1 unspecified atom stereocenters. The van der Waals surface area contributed by atoms with E-state index in [0.29, 0.717) is 0 Å². The minimum atomic E-state index is -0.222. The summed E-state index contributed by atoms with van der Waals surface area (Å²) < 4.78 is 1.64. The highest BCUT2D eigenvalue weighted by molar-refractivity contribution is 8.00. The Hall–Kier alpha value is -0.580. The van der Waals surface area contributed by atoms with E-state index in [9.17, 15) is 4.79 Å². The minimum absolute atomic E-state index is 0.0584. The Kier molecular flexibility index (Phi) is 1.27. The minimum Gasteiger partial charge on any atom is -0.261 e. The molecular weight excluding hydrogens is 164 g/mol. The molecule has 4 nitrogen and oxygen atoms in total. The van der Waals surface area contributed by atoms with E-state index in [4.69, 9.17) is 0 Å². The molecule has 2 heterocycles. The Labute approximate surface area is 68.6 Å². The maximum atomic E-state index is 11.1. The molecule has 0 aromatic heterocycles. The fourth-order valence-electron chi connectivity index (χ4n) is 1.36. The molecule has 2 rings (SSSR count). The number of nitrogens with zero attached hydrogens (tertiary/aromatic N) is 2. The van der Waals surface area contributed by atoms with Crippen LogP contribution >= 0.6 is 11.8 Å². The van der Waals surface area contributed by atoms with Crippen LogP contribution in [0.1, 0.15) is 13.8 Å². The smallest absolute Gasteiger partial charge is 0.261 e. The van der Waals surface area contributed by atoms with Crippen LogP contribution in [0.25, 0.3) is 0 Å². The van der Waals surface area contributed by atoms with E-state index in [1.807, 2.05) is 13.8 Å². The van der Waals surface area contributed by atoms with Crippen LogP contribution in [0, 0.1) is 0 Å². The first-order chi connectivity index (χ1) is 5.11. The van der Waals surface area contributed by atoms with Crippen LogP contribution in [0.5, 0.6) is 0 Å². The third-order valence-electron chi connectivity index (χ3n) is 1.98. The van der Waals surface area contributed by atoms with Gasteiger partial charge in [0.05, 0.1) is 4.75 Å². The van der Waals surface area contributed by atoms with E-state index in [1.165, 1.54) is 0 Å². The van der Waals surface area contributed by atoms with Crippen LogP contribution < -0.4 is 0 Å².